The molecule has 0 saturated heterocycles. The van der Waals surface area contributed by atoms with E-state index in [0.29, 0.717) is 28.4 Å². The average molecular weight is 397 g/mol. The molecule has 0 spiro atoms. The largest absolute Gasteiger partial charge is 0.350 e. The van der Waals surface area contributed by atoms with Gasteiger partial charge in [0.25, 0.3) is 11.8 Å². The number of carbonyl (C=O) groups excluding carboxylic acids is 2. The molecule has 30 heavy (non-hydrogen) atoms. The first kappa shape index (κ1) is 19.6. The van der Waals surface area contributed by atoms with Gasteiger partial charge >= 0.3 is 0 Å². The molecule has 0 aliphatic carbocycles. The van der Waals surface area contributed by atoms with Gasteiger partial charge in [0.1, 0.15) is 5.70 Å². The maximum absolute atomic E-state index is 13.2. The predicted molar refractivity (Wildman–Crippen MR) is 117 cm³/mol. The molecule has 150 valence electrons. The Kier molecular flexibility index (Phi) is 5.44. The first-order chi connectivity index (χ1) is 14.5. The molecule has 1 aliphatic heterocycles. The van der Waals surface area contributed by atoms with Crippen LogP contribution in [0.4, 0.5) is 5.69 Å². The minimum atomic E-state index is -0.350. The summed E-state index contributed by atoms with van der Waals surface area (Å²) in [5.74, 6) is -0.253. The molecule has 1 aromatic heterocycles. The van der Waals surface area contributed by atoms with Crippen LogP contribution in [-0.2, 0) is 16.1 Å². The summed E-state index contributed by atoms with van der Waals surface area (Å²) in [6.07, 6.45) is 1.65. The zero-order valence-corrected chi connectivity index (χ0v) is 17.0. The molecule has 2 amide bonds. The minimum Gasteiger partial charge on any atom is -0.350 e. The van der Waals surface area contributed by atoms with Crippen LogP contribution < -0.4 is 5.32 Å². The first-order valence-corrected chi connectivity index (χ1v) is 9.97. The minimum absolute atomic E-state index is 0.131. The van der Waals surface area contributed by atoms with Crippen LogP contribution in [0.1, 0.15) is 36.6 Å². The van der Waals surface area contributed by atoms with E-state index in [1.807, 2.05) is 60.7 Å². The Morgan fingerprint density at radius 2 is 1.57 bits per heavy atom. The van der Waals surface area contributed by atoms with E-state index in [0.717, 1.165) is 5.69 Å². The third kappa shape index (κ3) is 3.87. The Morgan fingerprint density at radius 3 is 2.20 bits per heavy atom. The average Bonchev–Trinajstić information content (AvgIpc) is 3.00. The molecule has 5 nitrogen and oxygen atoms in total. The molecule has 3 aromatic rings. The molecule has 4 rings (SSSR count). The smallest absolute Gasteiger partial charge is 0.278 e. The SMILES string of the molecule is CC(C)c1ccc(NC2=C(c3ccccc3)C(=O)N(Cc3ccccn3)C2=O)cc1. The van der Waals surface area contributed by atoms with Gasteiger partial charge < -0.3 is 5.32 Å². The molecule has 2 aromatic carbocycles. The second kappa shape index (κ2) is 8.33. The third-order valence-electron chi connectivity index (χ3n) is 5.12. The summed E-state index contributed by atoms with van der Waals surface area (Å²) < 4.78 is 0. The van der Waals surface area contributed by atoms with E-state index < -0.39 is 0 Å². The molecular weight excluding hydrogens is 374 g/mol. The molecule has 5 heteroatoms. The van der Waals surface area contributed by atoms with Crippen molar-refractivity contribution in [1.82, 2.24) is 9.88 Å². The van der Waals surface area contributed by atoms with Crippen LogP contribution >= 0.6 is 0 Å². The topological polar surface area (TPSA) is 62.3 Å². The van der Waals surface area contributed by atoms with Crippen molar-refractivity contribution in [1.29, 1.82) is 0 Å². The molecule has 0 saturated carbocycles. The van der Waals surface area contributed by atoms with E-state index in [-0.39, 0.29) is 18.4 Å². The van der Waals surface area contributed by atoms with Crippen LogP contribution in [0.3, 0.4) is 0 Å². The molecule has 1 N–H and O–H groups in total. The number of aromatic nitrogens is 1. The van der Waals surface area contributed by atoms with E-state index >= 15 is 0 Å². The Labute approximate surface area is 176 Å². The maximum atomic E-state index is 13.2. The van der Waals surface area contributed by atoms with Gasteiger partial charge in [-0.05, 0) is 41.3 Å². The van der Waals surface area contributed by atoms with Gasteiger partial charge in [-0.1, -0.05) is 62.4 Å². The zero-order valence-electron chi connectivity index (χ0n) is 17.0. The lowest BCUT2D eigenvalue weighted by Gasteiger charge is -2.15. The third-order valence-corrected chi connectivity index (χ3v) is 5.12. The lowest BCUT2D eigenvalue weighted by molar-refractivity contribution is -0.137. The second-order valence-electron chi connectivity index (χ2n) is 7.54. The summed E-state index contributed by atoms with van der Waals surface area (Å²) in [5.41, 5.74) is 4.02. The number of nitrogens with one attached hydrogen (secondary N) is 1. The van der Waals surface area contributed by atoms with Crippen molar-refractivity contribution >= 4 is 23.1 Å². The number of anilines is 1. The number of amides is 2. The maximum Gasteiger partial charge on any atom is 0.278 e. The zero-order chi connectivity index (χ0) is 21.1. The molecule has 1 aliphatic rings. The summed E-state index contributed by atoms with van der Waals surface area (Å²) >= 11 is 0. The van der Waals surface area contributed by atoms with Crippen molar-refractivity contribution in [3.63, 3.8) is 0 Å². The van der Waals surface area contributed by atoms with Gasteiger partial charge in [-0.25, -0.2) is 0 Å². The number of imide groups is 1. The fraction of sp³-hybridized carbons (Fsp3) is 0.160. The molecule has 0 fully saturated rings. The van der Waals surface area contributed by atoms with Gasteiger partial charge in [-0.2, -0.15) is 0 Å². The van der Waals surface area contributed by atoms with Crippen molar-refractivity contribution in [2.45, 2.75) is 26.3 Å². The van der Waals surface area contributed by atoms with Crippen molar-refractivity contribution in [3.8, 4) is 0 Å². The predicted octanol–water partition coefficient (Wildman–Crippen LogP) is 4.60. The highest BCUT2D eigenvalue weighted by Gasteiger charge is 2.39. The Balaban J connectivity index is 1.70. The first-order valence-electron chi connectivity index (χ1n) is 9.97. The van der Waals surface area contributed by atoms with Gasteiger partial charge in [0.05, 0.1) is 17.8 Å². The normalized spacial score (nSPS) is 14.0. The molecular formula is C25H23N3O2. The van der Waals surface area contributed by atoms with Gasteiger partial charge in [-0.15, -0.1) is 0 Å². The van der Waals surface area contributed by atoms with Crippen LogP contribution in [-0.4, -0.2) is 21.7 Å². The summed E-state index contributed by atoms with van der Waals surface area (Å²) in [7, 11) is 0. The number of nitrogens with zero attached hydrogens (tertiary/aromatic N) is 2. The van der Waals surface area contributed by atoms with Gasteiger partial charge in [-0.3, -0.25) is 19.5 Å². The molecule has 0 atom stereocenters. The van der Waals surface area contributed by atoms with Crippen LogP contribution in [0.25, 0.3) is 5.57 Å². The lowest BCUT2D eigenvalue weighted by atomic mass is 10.0. The Morgan fingerprint density at radius 1 is 0.867 bits per heavy atom. The number of pyridine rings is 1. The van der Waals surface area contributed by atoms with E-state index in [9.17, 15) is 9.59 Å². The summed E-state index contributed by atoms with van der Waals surface area (Å²) in [6, 6.07) is 22.7. The number of benzene rings is 2. The van der Waals surface area contributed by atoms with Crippen molar-refractivity contribution in [2.24, 2.45) is 0 Å². The van der Waals surface area contributed by atoms with E-state index in [1.165, 1.54) is 10.5 Å². The van der Waals surface area contributed by atoms with Crippen LogP contribution in [0.15, 0.2) is 84.7 Å². The van der Waals surface area contributed by atoms with Crippen molar-refractivity contribution in [2.75, 3.05) is 5.32 Å². The quantitative estimate of drug-likeness (QED) is 0.618. The van der Waals surface area contributed by atoms with Crippen LogP contribution in [0, 0.1) is 0 Å². The highest BCUT2D eigenvalue weighted by Crippen LogP contribution is 2.31. The number of rotatable bonds is 6. The summed E-state index contributed by atoms with van der Waals surface area (Å²) in [4.78, 5) is 32.0. The molecule has 0 bridgehead atoms. The van der Waals surface area contributed by atoms with Crippen LogP contribution in [0.2, 0.25) is 0 Å². The Hall–Kier alpha value is -3.73. The number of carbonyl (C=O) groups is 2. The van der Waals surface area contributed by atoms with Crippen molar-refractivity contribution in [3.05, 3.63) is 102 Å². The summed E-state index contributed by atoms with van der Waals surface area (Å²) in [6.45, 7) is 4.40. The standard InChI is InChI=1S/C25H23N3O2/c1-17(2)18-11-13-20(14-12-18)27-23-22(19-8-4-3-5-9-19)24(29)28(25(23)30)16-21-10-6-7-15-26-21/h3-15,17,27H,16H2,1-2H3. The highest BCUT2D eigenvalue weighted by atomic mass is 16.2. The highest BCUT2D eigenvalue weighted by molar-refractivity contribution is 6.36. The Bertz CT molecular complexity index is 1090. The van der Waals surface area contributed by atoms with E-state index in [4.69, 9.17) is 0 Å². The second-order valence-corrected chi connectivity index (χ2v) is 7.54. The van der Waals surface area contributed by atoms with Crippen LogP contribution in [0.5, 0.6) is 0 Å². The number of hydrogen-bond acceptors (Lipinski definition) is 4. The summed E-state index contributed by atoms with van der Waals surface area (Å²) in [5, 5.41) is 3.20. The fourth-order valence-electron chi connectivity index (χ4n) is 3.46. The van der Waals surface area contributed by atoms with Crippen molar-refractivity contribution < 1.29 is 9.59 Å². The van der Waals surface area contributed by atoms with Gasteiger partial charge in [0.2, 0.25) is 0 Å². The molecule has 0 radical (unpaired) electrons. The monoisotopic (exact) mass is 397 g/mol. The van der Waals surface area contributed by atoms with E-state index in [2.05, 4.69) is 24.1 Å². The number of hydrogen-bond donors (Lipinski definition) is 1. The van der Waals surface area contributed by atoms with Gasteiger partial charge in [0, 0.05) is 11.9 Å². The lowest BCUT2D eigenvalue weighted by Crippen LogP contribution is -2.32. The van der Waals surface area contributed by atoms with Gasteiger partial charge in [0.15, 0.2) is 0 Å². The fourth-order valence-corrected chi connectivity index (χ4v) is 3.46. The van der Waals surface area contributed by atoms with E-state index in [1.54, 1.807) is 18.3 Å². The molecule has 0 unspecified atom stereocenters. The molecule has 2 heterocycles.